The maximum absolute atomic E-state index is 2.69. The number of anilines is 2. The number of hydrogen-bond acceptors (Lipinski definition) is 1. The summed E-state index contributed by atoms with van der Waals surface area (Å²) in [5, 5.41) is 0. The third-order valence-corrected chi connectivity index (χ3v) is 13.0. The van der Waals surface area contributed by atoms with Gasteiger partial charge in [-0.1, -0.05) is 149 Å². The van der Waals surface area contributed by atoms with Gasteiger partial charge >= 0.3 is 0 Å². The monoisotopic (exact) mass is 621 g/mol. The van der Waals surface area contributed by atoms with E-state index in [0.717, 1.165) is 0 Å². The number of fused-ring (bicyclic) bond motifs is 6. The van der Waals surface area contributed by atoms with Gasteiger partial charge in [0.05, 0.1) is 11.0 Å². The Hall–Kier alpha value is -4.88. The summed E-state index contributed by atoms with van der Waals surface area (Å²) >= 11 is 0. The number of hydrogen-bond donors (Lipinski definition) is 0. The van der Waals surface area contributed by atoms with E-state index in [1.807, 2.05) is 0 Å². The summed E-state index contributed by atoms with van der Waals surface area (Å²) in [5.41, 5.74) is 14.4. The molecule has 1 heterocycles. The van der Waals surface area contributed by atoms with E-state index in [4.69, 9.17) is 0 Å². The second-order valence-corrected chi connectivity index (χ2v) is 15.3. The molecule has 48 heavy (non-hydrogen) atoms. The predicted octanol–water partition coefficient (Wildman–Crippen LogP) is 12.1. The third kappa shape index (κ3) is 3.68. The van der Waals surface area contributed by atoms with Gasteiger partial charge in [0.15, 0.2) is 0 Å². The van der Waals surface area contributed by atoms with Gasteiger partial charge in [-0.3, -0.25) is 0 Å². The van der Waals surface area contributed by atoms with Crippen molar-refractivity contribution in [3.63, 3.8) is 0 Å². The molecule has 1 saturated carbocycles. The van der Waals surface area contributed by atoms with Crippen molar-refractivity contribution in [2.24, 2.45) is 5.41 Å². The molecule has 2 unspecified atom stereocenters. The van der Waals surface area contributed by atoms with Crippen LogP contribution in [0.15, 0.2) is 152 Å². The summed E-state index contributed by atoms with van der Waals surface area (Å²) in [7, 11) is 0. The van der Waals surface area contributed by atoms with Gasteiger partial charge in [-0.2, -0.15) is 0 Å². The van der Waals surface area contributed by atoms with E-state index >= 15 is 0 Å². The van der Waals surface area contributed by atoms with E-state index in [9.17, 15) is 0 Å². The lowest BCUT2D eigenvalue weighted by Gasteiger charge is -2.59. The molecule has 1 aliphatic heterocycles. The molecule has 0 spiro atoms. The molecule has 0 N–H and O–H groups in total. The summed E-state index contributed by atoms with van der Waals surface area (Å²) in [5.74, 6) is 0. The topological polar surface area (TPSA) is 3.24 Å². The SMILES string of the molecule is CC1(C)CCCC2(C)c3cc(-c4ccc5c(c4)C(c4ccccc4)(c4ccccc4)c4ccccc4-5)ccc3N(c3ccccc3)C12C. The Labute approximate surface area is 285 Å². The van der Waals surface area contributed by atoms with E-state index in [0.29, 0.717) is 0 Å². The molecule has 0 amide bonds. The van der Waals surface area contributed by atoms with Crippen LogP contribution >= 0.6 is 0 Å². The fourth-order valence-corrected chi connectivity index (χ4v) is 10.3. The first kappa shape index (κ1) is 29.3. The Balaban J connectivity index is 1.27. The average Bonchev–Trinajstić information content (AvgIpc) is 3.54. The Morgan fingerprint density at radius 1 is 0.479 bits per heavy atom. The molecular weight excluding hydrogens is 579 g/mol. The molecule has 0 radical (unpaired) electrons. The van der Waals surface area contributed by atoms with E-state index < -0.39 is 5.41 Å². The van der Waals surface area contributed by atoms with E-state index in [1.165, 1.54) is 80.7 Å². The van der Waals surface area contributed by atoms with Gasteiger partial charge in [0.2, 0.25) is 0 Å². The highest BCUT2D eigenvalue weighted by molar-refractivity contribution is 5.89. The first-order valence-electron chi connectivity index (χ1n) is 17.7. The Morgan fingerprint density at radius 2 is 1.02 bits per heavy atom. The minimum absolute atomic E-state index is 0.0146. The largest absolute Gasteiger partial charge is 0.334 e. The van der Waals surface area contributed by atoms with Crippen LogP contribution in [0.2, 0.25) is 0 Å². The lowest BCUT2D eigenvalue weighted by atomic mass is 9.51. The quantitative estimate of drug-likeness (QED) is 0.189. The fraction of sp³-hybridized carbons (Fsp3) is 0.234. The van der Waals surface area contributed by atoms with Crippen molar-refractivity contribution in [3.05, 3.63) is 179 Å². The zero-order valence-corrected chi connectivity index (χ0v) is 28.5. The molecule has 2 aliphatic carbocycles. The van der Waals surface area contributed by atoms with Crippen molar-refractivity contribution in [2.75, 3.05) is 4.90 Å². The Bertz CT molecular complexity index is 2120. The van der Waals surface area contributed by atoms with Crippen LogP contribution in [0.5, 0.6) is 0 Å². The molecule has 2 atom stereocenters. The van der Waals surface area contributed by atoms with Gasteiger partial charge in [0.25, 0.3) is 0 Å². The van der Waals surface area contributed by atoms with Crippen molar-refractivity contribution in [1.82, 2.24) is 0 Å². The molecule has 0 bridgehead atoms. The van der Waals surface area contributed by atoms with Crippen molar-refractivity contribution >= 4 is 11.4 Å². The van der Waals surface area contributed by atoms with Crippen LogP contribution in [-0.4, -0.2) is 5.54 Å². The zero-order valence-electron chi connectivity index (χ0n) is 28.5. The Morgan fingerprint density at radius 3 is 1.69 bits per heavy atom. The first-order chi connectivity index (χ1) is 23.3. The minimum atomic E-state index is -0.400. The summed E-state index contributed by atoms with van der Waals surface area (Å²) in [4.78, 5) is 2.69. The van der Waals surface area contributed by atoms with Crippen molar-refractivity contribution in [1.29, 1.82) is 0 Å². The van der Waals surface area contributed by atoms with Gasteiger partial charge in [-0.15, -0.1) is 0 Å². The van der Waals surface area contributed by atoms with Crippen LogP contribution in [0.4, 0.5) is 11.4 Å². The molecule has 6 aromatic carbocycles. The molecule has 0 aromatic heterocycles. The van der Waals surface area contributed by atoms with Gasteiger partial charge in [0.1, 0.15) is 0 Å². The molecule has 1 nitrogen and oxygen atoms in total. The summed E-state index contributed by atoms with van der Waals surface area (Å²) < 4.78 is 0. The molecule has 9 rings (SSSR count). The van der Waals surface area contributed by atoms with Gasteiger partial charge in [-0.25, -0.2) is 0 Å². The van der Waals surface area contributed by atoms with Crippen molar-refractivity contribution in [3.8, 4) is 22.3 Å². The van der Waals surface area contributed by atoms with Crippen LogP contribution in [0, 0.1) is 5.41 Å². The first-order valence-corrected chi connectivity index (χ1v) is 17.7. The van der Waals surface area contributed by atoms with Crippen molar-refractivity contribution < 1.29 is 0 Å². The number of benzene rings is 6. The zero-order chi connectivity index (χ0) is 32.7. The van der Waals surface area contributed by atoms with Gasteiger partial charge in [-0.05, 0) is 106 Å². The summed E-state index contributed by atoms with van der Waals surface area (Å²) in [6.45, 7) is 10.1. The molecule has 1 heteroatoms. The van der Waals surface area contributed by atoms with Crippen LogP contribution in [0.3, 0.4) is 0 Å². The highest BCUT2D eigenvalue weighted by Crippen LogP contribution is 2.66. The number of para-hydroxylation sites is 1. The van der Waals surface area contributed by atoms with Crippen molar-refractivity contribution in [2.45, 2.75) is 63.3 Å². The highest BCUT2D eigenvalue weighted by atomic mass is 15.3. The summed E-state index contributed by atoms with van der Waals surface area (Å²) in [6, 6.07) is 57.0. The van der Waals surface area contributed by atoms with Crippen LogP contribution in [0.1, 0.15) is 74.8 Å². The normalized spacial score (nSPS) is 22.8. The third-order valence-electron chi connectivity index (χ3n) is 13.0. The fourth-order valence-electron chi connectivity index (χ4n) is 10.3. The van der Waals surface area contributed by atoms with E-state index in [1.54, 1.807) is 0 Å². The molecular formula is C47H43N. The second-order valence-electron chi connectivity index (χ2n) is 15.3. The highest BCUT2D eigenvalue weighted by Gasteiger charge is 2.64. The van der Waals surface area contributed by atoms with Gasteiger partial charge in [0, 0.05) is 16.8 Å². The van der Waals surface area contributed by atoms with Crippen LogP contribution in [0.25, 0.3) is 22.3 Å². The maximum atomic E-state index is 2.69. The molecule has 3 aliphatic rings. The summed E-state index contributed by atoms with van der Waals surface area (Å²) in [6.07, 6.45) is 3.67. The molecule has 0 saturated heterocycles. The van der Waals surface area contributed by atoms with Crippen LogP contribution < -0.4 is 4.90 Å². The standard InChI is InChI=1S/C47H43N/c1-44(2)29-16-30-45(3)42-32-34(26-28-43(42)48(46(44,45)4)37-21-12-7-13-22-37)33-25-27-39-38-23-14-15-24-40(38)47(41(39)31-33,35-17-8-5-9-18-35)36-19-10-6-11-20-36/h5-15,17-28,31-32H,16,29-30H2,1-4H3. The number of rotatable bonds is 4. The molecule has 1 fully saturated rings. The smallest absolute Gasteiger partial charge is 0.0713 e. The van der Waals surface area contributed by atoms with Gasteiger partial charge < -0.3 is 4.90 Å². The lowest BCUT2D eigenvalue weighted by Crippen LogP contribution is -2.64. The molecule has 6 aromatic rings. The van der Waals surface area contributed by atoms with E-state index in [2.05, 4.69) is 184 Å². The predicted molar refractivity (Wildman–Crippen MR) is 201 cm³/mol. The molecule has 236 valence electrons. The van der Waals surface area contributed by atoms with E-state index in [-0.39, 0.29) is 16.4 Å². The minimum Gasteiger partial charge on any atom is -0.334 e. The average molecular weight is 622 g/mol. The maximum Gasteiger partial charge on any atom is 0.0713 e. The second kappa shape index (κ2) is 10.3. The lowest BCUT2D eigenvalue weighted by molar-refractivity contribution is 0.0484. The van der Waals surface area contributed by atoms with Crippen LogP contribution in [-0.2, 0) is 10.8 Å². The Kier molecular flexibility index (Phi) is 6.29. The number of nitrogens with zero attached hydrogens (tertiary/aromatic N) is 1.